The zero-order valence-corrected chi connectivity index (χ0v) is 21.1. The fraction of sp³-hybridized carbons (Fsp3) is 0.773. The summed E-state index contributed by atoms with van der Waals surface area (Å²) >= 11 is 0. The maximum atomic E-state index is 12.9. The molecule has 0 bridgehead atoms. The number of nitrogens with two attached hydrogens (primary N) is 2. The molecule has 0 aromatic heterocycles. The topological polar surface area (TPSA) is 206 Å². The first kappa shape index (κ1) is 31.3. The number of carboxylic acid groups (broad SMARTS) is 1. The lowest BCUT2D eigenvalue weighted by Gasteiger charge is -2.30. The quantitative estimate of drug-likeness (QED) is 0.142. The minimum Gasteiger partial charge on any atom is -0.480 e. The number of hydrogen-bond donors (Lipinski definition) is 7. The Morgan fingerprint density at radius 2 is 1.50 bits per heavy atom. The summed E-state index contributed by atoms with van der Waals surface area (Å²) in [6.07, 6.45) is 1.64. The van der Waals surface area contributed by atoms with E-state index < -0.39 is 52.8 Å². The second kappa shape index (κ2) is 13.9. The van der Waals surface area contributed by atoms with E-state index in [-0.39, 0.29) is 25.3 Å². The van der Waals surface area contributed by atoms with Crippen molar-refractivity contribution in [1.29, 1.82) is 0 Å². The van der Waals surface area contributed by atoms with Crippen molar-refractivity contribution in [1.82, 2.24) is 21.3 Å². The monoisotopic (exact) mass is 486 g/mol. The second-order valence-electron chi connectivity index (χ2n) is 9.92. The molecule has 0 aliphatic rings. The van der Waals surface area contributed by atoms with Crippen LogP contribution < -0.4 is 32.7 Å². The van der Waals surface area contributed by atoms with E-state index in [1.807, 2.05) is 13.8 Å². The van der Waals surface area contributed by atoms with Crippen molar-refractivity contribution in [3.8, 4) is 0 Å². The van der Waals surface area contributed by atoms with Crippen LogP contribution in [-0.4, -0.2) is 71.0 Å². The first-order valence-electron chi connectivity index (χ1n) is 11.4. The van der Waals surface area contributed by atoms with Gasteiger partial charge in [-0.15, -0.1) is 0 Å². The van der Waals surface area contributed by atoms with Gasteiger partial charge in [0.2, 0.25) is 23.6 Å². The fourth-order valence-corrected chi connectivity index (χ4v) is 2.88. The van der Waals surface area contributed by atoms with Crippen molar-refractivity contribution in [2.45, 2.75) is 90.4 Å². The van der Waals surface area contributed by atoms with Gasteiger partial charge in [-0.25, -0.2) is 4.79 Å². The fourth-order valence-electron chi connectivity index (χ4n) is 2.88. The Kier molecular flexibility index (Phi) is 12.7. The summed E-state index contributed by atoms with van der Waals surface area (Å²) in [5.41, 5.74) is 8.49. The molecule has 0 aromatic rings. The van der Waals surface area contributed by atoms with E-state index in [1.165, 1.54) is 27.7 Å². The number of carbonyl (C=O) groups is 5. The number of amides is 4. The predicted octanol–water partition coefficient (Wildman–Crippen LogP) is -1.04. The summed E-state index contributed by atoms with van der Waals surface area (Å²) < 4.78 is 0. The van der Waals surface area contributed by atoms with Crippen LogP contribution in [0.1, 0.15) is 67.2 Å². The van der Waals surface area contributed by atoms with E-state index in [2.05, 4.69) is 21.3 Å². The lowest BCUT2D eigenvalue weighted by molar-refractivity contribution is -0.143. The Morgan fingerprint density at radius 3 is 1.97 bits per heavy atom. The molecule has 0 radical (unpaired) electrons. The molecule has 0 spiro atoms. The lowest BCUT2D eigenvalue weighted by atomic mass is 9.99. The Morgan fingerprint density at radius 1 is 0.912 bits per heavy atom. The highest BCUT2D eigenvalue weighted by atomic mass is 16.4. The number of carbonyl (C=O) groups excluding carboxylic acids is 4. The Balaban J connectivity index is 5.19. The molecule has 0 saturated heterocycles. The molecule has 12 nitrogen and oxygen atoms in total. The van der Waals surface area contributed by atoms with Gasteiger partial charge in [-0.1, -0.05) is 13.8 Å². The molecule has 34 heavy (non-hydrogen) atoms. The molecular weight excluding hydrogens is 444 g/mol. The third-order valence-corrected chi connectivity index (χ3v) is 4.91. The van der Waals surface area contributed by atoms with E-state index in [0.29, 0.717) is 19.4 Å². The van der Waals surface area contributed by atoms with Crippen LogP contribution in [0.2, 0.25) is 0 Å². The second-order valence-corrected chi connectivity index (χ2v) is 9.92. The number of carboxylic acids is 1. The van der Waals surface area contributed by atoms with Crippen LogP contribution in [0.4, 0.5) is 0 Å². The number of rotatable bonds is 15. The molecule has 0 saturated carbocycles. The van der Waals surface area contributed by atoms with E-state index >= 15 is 0 Å². The summed E-state index contributed by atoms with van der Waals surface area (Å²) in [4.78, 5) is 61.3. The highest BCUT2D eigenvalue weighted by Gasteiger charge is 2.35. The molecule has 12 heteroatoms. The van der Waals surface area contributed by atoms with Gasteiger partial charge in [0.25, 0.3) is 0 Å². The van der Waals surface area contributed by atoms with Crippen LogP contribution in [0.25, 0.3) is 0 Å². The van der Waals surface area contributed by atoms with Crippen molar-refractivity contribution in [2.24, 2.45) is 17.4 Å². The van der Waals surface area contributed by atoms with Crippen LogP contribution in [-0.2, 0) is 24.0 Å². The number of hydrogen-bond acceptors (Lipinski definition) is 7. The van der Waals surface area contributed by atoms with Crippen LogP contribution in [0, 0.1) is 5.92 Å². The Labute approximate surface area is 201 Å². The normalized spacial score (nSPS) is 13.6. The first-order chi connectivity index (χ1) is 15.5. The summed E-state index contributed by atoms with van der Waals surface area (Å²) in [5.74, 6) is -3.54. The van der Waals surface area contributed by atoms with Crippen molar-refractivity contribution in [3.63, 3.8) is 0 Å². The number of unbranched alkanes of at least 4 members (excludes halogenated alkanes) is 1. The van der Waals surface area contributed by atoms with Gasteiger partial charge in [-0.3, -0.25) is 19.2 Å². The Hall–Kier alpha value is -2.73. The molecule has 0 fully saturated rings. The van der Waals surface area contributed by atoms with Gasteiger partial charge >= 0.3 is 5.97 Å². The van der Waals surface area contributed by atoms with Crippen molar-refractivity contribution in [3.05, 3.63) is 0 Å². The average Bonchev–Trinajstić information content (AvgIpc) is 2.69. The van der Waals surface area contributed by atoms with Crippen LogP contribution in [0.5, 0.6) is 0 Å². The highest BCUT2D eigenvalue weighted by Crippen LogP contribution is 2.10. The molecule has 9 N–H and O–H groups in total. The molecule has 0 aliphatic heterocycles. The van der Waals surface area contributed by atoms with Gasteiger partial charge in [0.05, 0.1) is 12.1 Å². The predicted molar refractivity (Wildman–Crippen MR) is 127 cm³/mol. The van der Waals surface area contributed by atoms with Gasteiger partial charge in [0, 0.05) is 0 Å². The molecule has 2 atom stereocenters. The van der Waals surface area contributed by atoms with Gasteiger partial charge in [-0.2, -0.15) is 0 Å². The molecule has 4 amide bonds. The molecule has 0 aliphatic carbocycles. The van der Waals surface area contributed by atoms with Gasteiger partial charge in [-0.05, 0) is 65.8 Å². The molecule has 0 aromatic carbocycles. The molecule has 196 valence electrons. The van der Waals surface area contributed by atoms with Crippen molar-refractivity contribution in [2.75, 3.05) is 13.1 Å². The number of nitrogens with one attached hydrogen (secondary N) is 4. The van der Waals surface area contributed by atoms with Crippen molar-refractivity contribution < 1.29 is 29.1 Å². The summed E-state index contributed by atoms with van der Waals surface area (Å²) in [6.45, 7) is 9.65. The third kappa shape index (κ3) is 11.9. The van der Waals surface area contributed by atoms with E-state index in [0.717, 1.165) is 0 Å². The van der Waals surface area contributed by atoms with Gasteiger partial charge in [0.1, 0.15) is 17.6 Å². The Bertz CT molecular complexity index is 732. The summed E-state index contributed by atoms with van der Waals surface area (Å²) in [5, 5.41) is 19.4. The summed E-state index contributed by atoms with van der Waals surface area (Å²) in [7, 11) is 0. The first-order valence-corrected chi connectivity index (χ1v) is 11.4. The van der Waals surface area contributed by atoms with E-state index in [9.17, 15) is 29.1 Å². The van der Waals surface area contributed by atoms with Gasteiger partial charge in [0.15, 0.2) is 0 Å². The van der Waals surface area contributed by atoms with Crippen molar-refractivity contribution >= 4 is 29.6 Å². The molecule has 0 rings (SSSR count). The third-order valence-electron chi connectivity index (χ3n) is 4.91. The maximum absolute atomic E-state index is 12.9. The highest BCUT2D eigenvalue weighted by molar-refractivity contribution is 5.96. The van der Waals surface area contributed by atoms with E-state index in [4.69, 9.17) is 11.5 Å². The van der Waals surface area contributed by atoms with Gasteiger partial charge < -0.3 is 37.8 Å². The van der Waals surface area contributed by atoms with E-state index in [1.54, 1.807) is 0 Å². The molecular formula is C22H42N6O6. The average molecular weight is 487 g/mol. The summed E-state index contributed by atoms with van der Waals surface area (Å²) in [6, 6.07) is -2.08. The SMILES string of the molecule is CC(C)C[C@H](NC(=O)CNC(=O)C(C)(C)N)C(=O)NC(C)(C)C(=O)N[C@@H](CCCCN)C(=O)O. The molecule has 0 heterocycles. The maximum Gasteiger partial charge on any atom is 0.326 e. The molecule has 0 unspecified atom stereocenters. The number of aliphatic carboxylic acids is 1. The smallest absolute Gasteiger partial charge is 0.326 e. The van der Waals surface area contributed by atoms with Crippen LogP contribution >= 0.6 is 0 Å². The zero-order valence-electron chi connectivity index (χ0n) is 21.1. The standard InChI is InChI=1S/C22H42N6O6/c1-13(2)11-15(26-16(29)12-25-19(33)21(3,4)24)17(30)28-22(5,6)20(34)27-14(18(31)32)9-7-8-10-23/h13-15H,7-12,23-24H2,1-6H3,(H,25,33)(H,26,29)(H,27,34)(H,28,30)(H,31,32)/t14-,15-/m0/s1. The van der Waals surface area contributed by atoms with Crippen LogP contribution in [0.3, 0.4) is 0 Å². The van der Waals surface area contributed by atoms with Crippen LogP contribution in [0.15, 0.2) is 0 Å². The minimum atomic E-state index is -1.45. The minimum absolute atomic E-state index is 0.0319. The lowest BCUT2D eigenvalue weighted by Crippen LogP contribution is -2.61. The zero-order chi connectivity index (χ0) is 26.7. The largest absolute Gasteiger partial charge is 0.480 e.